The molecule has 0 spiro atoms. The molecule has 0 rings (SSSR count). The van der Waals surface area contributed by atoms with Gasteiger partial charge in [0.2, 0.25) is 6.08 Å². The van der Waals surface area contributed by atoms with E-state index in [1.165, 1.54) is 103 Å². The molecule has 130 valence electrons. The van der Waals surface area contributed by atoms with E-state index in [-0.39, 0.29) is 0 Å². The van der Waals surface area contributed by atoms with Crippen LogP contribution < -0.4 is 0 Å². The number of carbonyl (C=O) groups excluding carboxylic acids is 1. The average molecular weight is 310 g/mol. The molecule has 0 saturated heterocycles. The maximum atomic E-state index is 9.89. The van der Waals surface area contributed by atoms with E-state index >= 15 is 0 Å². The first-order valence-corrected chi connectivity index (χ1v) is 9.95. The van der Waals surface area contributed by atoms with E-state index in [0.717, 1.165) is 6.42 Å². The molecule has 2 nitrogen and oxygen atoms in total. The van der Waals surface area contributed by atoms with E-state index in [9.17, 15) is 4.79 Å². The SMILES string of the molecule is CCCCCCCCCCCCCCCCCCCN=C=O. The summed E-state index contributed by atoms with van der Waals surface area (Å²) in [6, 6.07) is 0. The van der Waals surface area contributed by atoms with Crippen LogP contribution in [-0.2, 0) is 4.79 Å². The first-order valence-electron chi connectivity index (χ1n) is 9.95. The minimum Gasteiger partial charge on any atom is -0.211 e. The number of isocyanates is 1. The molecule has 0 aromatic rings. The first kappa shape index (κ1) is 21.4. The lowest BCUT2D eigenvalue weighted by atomic mass is 10.0. The minimum atomic E-state index is 0.669. The van der Waals surface area contributed by atoms with Crippen molar-refractivity contribution in [3.8, 4) is 0 Å². The second-order valence-electron chi connectivity index (χ2n) is 6.63. The molecule has 0 unspecified atom stereocenters. The van der Waals surface area contributed by atoms with Gasteiger partial charge in [-0.2, -0.15) is 0 Å². The van der Waals surface area contributed by atoms with Gasteiger partial charge in [-0.25, -0.2) is 9.79 Å². The van der Waals surface area contributed by atoms with E-state index in [2.05, 4.69) is 11.9 Å². The van der Waals surface area contributed by atoms with Crippen LogP contribution in [0.3, 0.4) is 0 Å². The van der Waals surface area contributed by atoms with Gasteiger partial charge >= 0.3 is 0 Å². The van der Waals surface area contributed by atoms with Gasteiger partial charge in [-0.3, -0.25) is 0 Å². The molecule has 0 N–H and O–H groups in total. The summed E-state index contributed by atoms with van der Waals surface area (Å²) in [5.41, 5.74) is 0. The lowest BCUT2D eigenvalue weighted by Gasteiger charge is -2.03. The summed E-state index contributed by atoms with van der Waals surface area (Å²) >= 11 is 0. The lowest BCUT2D eigenvalue weighted by Crippen LogP contribution is -1.84. The molecule has 0 bridgehead atoms. The van der Waals surface area contributed by atoms with Gasteiger partial charge in [0.1, 0.15) is 0 Å². The van der Waals surface area contributed by atoms with Crippen LogP contribution in [0.15, 0.2) is 4.99 Å². The molecular weight excluding hydrogens is 270 g/mol. The molecule has 0 fully saturated rings. The highest BCUT2D eigenvalue weighted by Gasteiger charge is 1.94. The predicted molar refractivity (Wildman–Crippen MR) is 97.2 cm³/mol. The third kappa shape index (κ3) is 19.4. The highest BCUT2D eigenvalue weighted by Crippen LogP contribution is 2.13. The zero-order valence-corrected chi connectivity index (χ0v) is 15.1. The highest BCUT2D eigenvalue weighted by molar-refractivity contribution is 5.32. The zero-order chi connectivity index (χ0) is 16.1. The van der Waals surface area contributed by atoms with Gasteiger partial charge in [0.15, 0.2) is 0 Å². The Kier molecular flexibility index (Phi) is 19.8. The van der Waals surface area contributed by atoms with Crippen LogP contribution in [0.5, 0.6) is 0 Å². The van der Waals surface area contributed by atoms with Gasteiger partial charge in [0.05, 0.1) is 6.54 Å². The average Bonchev–Trinajstić information content (AvgIpc) is 2.54. The highest BCUT2D eigenvalue weighted by atomic mass is 16.1. The van der Waals surface area contributed by atoms with Crippen molar-refractivity contribution in [1.82, 2.24) is 0 Å². The normalized spacial score (nSPS) is 10.6. The maximum Gasteiger partial charge on any atom is 0.234 e. The summed E-state index contributed by atoms with van der Waals surface area (Å²) in [4.78, 5) is 13.5. The number of hydrogen-bond acceptors (Lipinski definition) is 2. The van der Waals surface area contributed by atoms with Crippen molar-refractivity contribution >= 4 is 6.08 Å². The largest absolute Gasteiger partial charge is 0.234 e. The molecule has 0 aliphatic carbocycles. The third-order valence-corrected chi connectivity index (χ3v) is 4.44. The number of unbranched alkanes of at least 4 members (excludes halogenated alkanes) is 16. The van der Waals surface area contributed by atoms with Gasteiger partial charge < -0.3 is 0 Å². The quantitative estimate of drug-likeness (QED) is 0.153. The molecule has 0 radical (unpaired) electrons. The van der Waals surface area contributed by atoms with Crippen molar-refractivity contribution in [3.63, 3.8) is 0 Å². The van der Waals surface area contributed by atoms with Crippen molar-refractivity contribution in [2.24, 2.45) is 4.99 Å². The summed E-state index contributed by atoms with van der Waals surface area (Å²) in [6.07, 6.45) is 25.1. The van der Waals surface area contributed by atoms with Crippen LogP contribution in [0.1, 0.15) is 116 Å². The van der Waals surface area contributed by atoms with E-state index in [1.54, 1.807) is 6.08 Å². The zero-order valence-electron chi connectivity index (χ0n) is 15.1. The number of hydrogen-bond donors (Lipinski definition) is 0. The third-order valence-electron chi connectivity index (χ3n) is 4.44. The molecular formula is C20H39NO. The van der Waals surface area contributed by atoms with Crippen molar-refractivity contribution < 1.29 is 4.79 Å². The van der Waals surface area contributed by atoms with Crippen LogP contribution in [-0.4, -0.2) is 12.6 Å². The van der Waals surface area contributed by atoms with E-state index in [0.29, 0.717) is 6.54 Å². The topological polar surface area (TPSA) is 29.4 Å². The molecule has 0 atom stereocenters. The predicted octanol–water partition coefficient (Wildman–Crippen LogP) is 6.97. The van der Waals surface area contributed by atoms with Crippen molar-refractivity contribution in [2.75, 3.05) is 6.54 Å². The molecule has 0 aliphatic heterocycles. The second kappa shape index (κ2) is 20.4. The summed E-state index contributed by atoms with van der Waals surface area (Å²) < 4.78 is 0. The molecule has 2 heteroatoms. The standard InChI is InChI=1S/C20H39NO/c1-2-3-4-5-6-7-8-9-10-11-12-13-14-15-16-17-18-19-21-20-22/h2-19H2,1H3. The molecule has 0 heterocycles. The molecule has 0 amide bonds. The van der Waals surface area contributed by atoms with E-state index in [4.69, 9.17) is 0 Å². The van der Waals surface area contributed by atoms with Crippen LogP contribution in [0.2, 0.25) is 0 Å². The second-order valence-corrected chi connectivity index (χ2v) is 6.63. The Morgan fingerprint density at radius 3 is 1.18 bits per heavy atom. The maximum absolute atomic E-state index is 9.89. The van der Waals surface area contributed by atoms with E-state index < -0.39 is 0 Å². The van der Waals surface area contributed by atoms with Gasteiger partial charge in [0, 0.05) is 0 Å². The van der Waals surface area contributed by atoms with Crippen LogP contribution in [0, 0.1) is 0 Å². The van der Waals surface area contributed by atoms with Crippen LogP contribution in [0.25, 0.3) is 0 Å². The number of rotatable bonds is 18. The molecule has 0 aromatic heterocycles. The Labute approximate surface area is 139 Å². The fraction of sp³-hybridized carbons (Fsp3) is 0.950. The Morgan fingerprint density at radius 1 is 0.545 bits per heavy atom. The lowest BCUT2D eigenvalue weighted by molar-refractivity contribution is 0.527. The molecule has 22 heavy (non-hydrogen) atoms. The first-order chi connectivity index (χ1) is 10.9. The summed E-state index contributed by atoms with van der Waals surface area (Å²) in [5, 5.41) is 0. The summed E-state index contributed by atoms with van der Waals surface area (Å²) in [7, 11) is 0. The fourth-order valence-electron chi connectivity index (χ4n) is 2.96. The molecule has 0 aromatic carbocycles. The van der Waals surface area contributed by atoms with Gasteiger partial charge in [0.25, 0.3) is 0 Å². The Balaban J connectivity index is 2.95. The number of aliphatic imine (C=N–C) groups is 1. The molecule has 0 saturated carbocycles. The van der Waals surface area contributed by atoms with Gasteiger partial charge in [-0.1, -0.05) is 110 Å². The Hall–Kier alpha value is -0.620. The molecule has 0 aliphatic rings. The van der Waals surface area contributed by atoms with Gasteiger partial charge in [-0.15, -0.1) is 0 Å². The smallest absolute Gasteiger partial charge is 0.211 e. The Morgan fingerprint density at radius 2 is 0.864 bits per heavy atom. The van der Waals surface area contributed by atoms with Crippen LogP contribution >= 0.6 is 0 Å². The van der Waals surface area contributed by atoms with Crippen molar-refractivity contribution in [3.05, 3.63) is 0 Å². The van der Waals surface area contributed by atoms with Crippen molar-refractivity contribution in [1.29, 1.82) is 0 Å². The summed E-state index contributed by atoms with van der Waals surface area (Å²) in [6.45, 7) is 2.95. The number of nitrogens with zero attached hydrogens (tertiary/aromatic N) is 1. The van der Waals surface area contributed by atoms with Crippen LogP contribution in [0.4, 0.5) is 0 Å². The van der Waals surface area contributed by atoms with E-state index in [1.807, 2.05) is 0 Å². The minimum absolute atomic E-state index is 0.669. The fourth-order valence-corrected chi connectivity index (χ4v) is 2.96. The Bertz CT molecular complexity index is 246. The monoisotopic (exact) mass is 309 g/mol. The van der Waals surface area contributed by atoms with Crippen molar-refractivity contribution in [2.45, 2.75) is 116 Å². The van der Waals surface area contributed by atoms with Gasteiger partial charge in [-0.05, 0) is 6.42 Å². The summed E-state index contributed by atoms with van der Waals surface area (Å²) in [5.74, 6) is 0.